The van der Waals surface area contributed by atoms with E-state index in [-0.39, 0.29) is 0 Å². The largest absolute Gasteiger partial charge is 0.353 e. The molecule has 0 saturated carbocycles. The van der Waals surface area contributed by atoms with Crippen LogP contribution in [-0.4, -0.2) is 17.0 Å². The Bertz CT molecular complexity index is 571. The van der Waals surface area contributed by atoms with E-state index in [0.29, 0.717) is 18.1 Å². The second-order valence-electron chi connectivity index (χ2n) is 4.48. The number of nitrogens with zero attached hydrogens (tertiary/aromatic N) is 3. The Balaban J connectivity index is 2.18. The summed E-state index contributed by atoms with van der Waals surface area (Å²) in [6, 6.07) is 7.82. The SMILES string of the molecule is Cc1cccc(CN(C)c2ncc(CN)cc2Cl)n1. The zero-order valence-electron chi connectivity index (χ0n) is 11.1. The van der Waals surface area contributed by atoms with Crippen LogP contribution in [0.15, 0.2) is 30.5 Å². The number of halogens is 1. The first-order valence-electron chi connectivity index (χ1n) is 6.08. The van der Waals surface area contributed by atoms with E-state index in [9.17, 15) is 0 Å². The van der Waals surface area contributed by atoms with Crippen molar-refractivity contribution in [1.29, 1.82) is 0 Å². The van der Waals surface area contributed by atoms with Gasteiger partial charge in [-0.05, 0) is 30.7 Å². The van der Waals surface area contributed by atoms with Gasteiger partial charge in [-0.3, -0.25) is 4.98 Å². The van der Waals surface area contributed by atoms with E-state index in [1.165, 1.54) is 0 Å². The number of nitrogens with two attached hydrogens (primary N) is 1. The van der Waals surface area contributed by atoms with Crippen molar-refractivity contribution in [1.82, 2.24) is 9.97 Å². The molecule has 0 aromatic carbocycles. The Morgan fingerprint density at radius 1 is 1.37 bits per heavy atom. The van der Waals surface area contributed by atoms with Crippen molar-refractivity contribution in [3.8, 4) is 0 Å². The van der Waals surface area contributed by atoms with Crippen molar-refractivity contribution in [2.24, 2.45) is 5.73 Å². The molecule has 0 fully saturated rings. The van der Waals surface area contributed by atoms with Crippen LogP contribution in [0, 0.1) is 6.92 Å². The van der Waals surface area contributed by atoms with Crippen LogP contribution in [0.1, 0.15) is 17.0 Å². The van der Waals surface area contributed by atoms with Crippen LogP contribution in [0.4, 0.5) is 5.82 Å². The van der Waals surface area contributed by atoms with E-state index in [2.05, 4.69) is 9.97 Å². The average Bonchev–Trinajstić information content (AvgIpc) is 2.38. The molecule has 5 heteroatoms. The molecule has 19 heavy (non-hydrogen) atoms. The van der Waals surface area contributed by atoms with Crippen LogP contribution in [0.2, 0.25) is 5.02 Å². The lowest BCUT2D eigenvalue weighted by Crippen LogP contribution is -2.19. The Kier molecular flexibility index (Phi) is 4.35. The highest BCUT2D eigenvalue weighted by Crippen LogP contribution is 2.24. The third-order valence-electron chi connectivity index (χ3n) is 2.82. The molecule has 0 radical (unpaired) electrons. The Morgan fingerprint density at radius 2 is 2.16 bits per heavy atom. The molecule has 4 nitrogen and oxygen atoms in total. The molecule has 2 N–H and O–H groups in total. The van der Waals surface area contributed by atoms with Crippen molar-refractivity contribution in [2.45, 2.75) is 20.0 Å². The molecule has 0 aliphatic heterocycles. The van der Waals surface area contributed by atoms with E-state index in [4.69, 9.17) is 17.3 Å². The fourth-order valence-electron chi connectivity index (χ4n) is 1.87. The van der Waals surface area contributed by atoms with Gasteiger partial charge in [0.05, 0.1) is 17.3 Å². The summed E-state index contributed by atoms with van der Waals surface area (Å²) in [5.74, 6) is 0.738. The van der Waals surface area contributed by atoms with Crippen LogP contribution >= 0.6 is 11.6 Å². The Labute approximate surface area is 118 Å². The number of anilines is 1. The highest BCUT2D eigenvalue weighted by molar-refractivity contribution is 6.33. The molecule has 0 atom stereocenters. The van der Waals surface area contributed by atoms with Crippen LogP contribution in [-0.2, 0) is 13.1 Å². The highest BCUT2D eigenvalue weighted by Gasteiger charge is 2.09. The normalized spacial score (nSPS) is 10.5. The molecule has 2 aromatic rings. The topological polar surface area (TPSA) is 55.0 Å². The molecule has 100 valence electrons. The summed E-state index contributed by atoms with van der Waals surface area (Å²) in [5, 5.41) is 0.609. The van der Waals surface area contributed by atoms with Crippen LogP contribution in [0.3, 0.4) is 0 Å². The summed E-state index contributed by atoms with van der Waals surface area (Å²) in [5.41, 5.74) is 8.48. The third kappa shape index (κ3) is 3.43. The van der Waals surface area contributed by atoms with Crippen LogP contribution in [0.25, 0.3) is 0 Å². The molecule has 0 bridgehead atoms. The number of rotatable bonds is 4. The number of aryl methyl sites for hydroxylation is 1. The molecule has 0 spiro atoms. The lowest BCUT2D eigenvalue weighted by Gasteiger charge is -2.19. The summed E-state index contributed by atoms with van der Waals surface area (Å²) in [4.78, 5) is 10.8. The smallest absolute Gasteiger partial charge is 0.147 e. The zero-order chi connectivity index (χ0) is 13.8. The minimum absolute atomic E-state index is 0.441. The standard InChI is InChI=1S/C14H17ClN4/c1-10-4-3-5-12(18-10)9-19(2)14-13(15)6-11(7-16)8-17-14/h3-6,8H,7,9,16H2,1-2H3. The van der Waals surface area contributed by atoms with Crippen LogP contribution in [0.5, 0.6) is 0 Å². The van der Waals surface area contributed by atoms with Gasteiger partial charge < -0.3 is 10.6 Å². The van der Waals surface area contributed by atoms with Gasteiger partial charge in [0.1, 0.15) is 5.82 Å². The van der Waals surface area contributed by atoms with Gasteiger partial charge in [0, 0.05) is 25.5 Å². The highest BCUT2D eigenvalue weighted by atomic mass is 35.5. The van der Waals surface area contributed by atoms with Gasteiger partial charge in [-0.15, -0.1) is 0 Å². The molecule has 0 aliphatic rings. The predicted octanol–water partition coefficient (Wildman–Crippen LogP) is 2.53. The fraction of sp³-hybridized carbons (Fsp3) is 0.286. The van der Waals surface area contributed by atoms with Gasteiger partial charge in [0.15, 0.2) is 0 Å². The first-order chi connectivity index (χ1) is 9.10. The summed E-state index contributed by atoms with van der Waals surface area (Å²) in [7, 11) is 1.94. The lowest BCUT2D eigenvalue weighted by molar-refractivity contribution is 0.856. The minimum atomic E-state index is 0.441. The predicted molar refractivity (Wildman–Crippen MR) is 78.2 cm³/mol. The molecular formula is C14H17ClN4. The van der Waals surface area contributed by atoms with Gasteiger partial charge in [-0.25, -0.2) is 4.98 Å². The van der Waals surface area contributed by atoms with E-state index >= 15 is 0 Å². The number of hydrogen-bond donors (Lipinski definition) is 1. The zero-order valence-corrected chi connectivity index (χ0v) is 11.9. The maximum atomic E-state index is 6.22. The first-order valence-corrected chi connectivity index (χ1v) is 6.46. The maximum absolute atomic E-state index is 6.22. The third-order valence-corrected chi connectivity index (χ3v) is 3.10. The van der Waals surface area contributed by atoms with E-state index < -0.39 is 0 Å². The van der Waals surface area contributed by atoms with Crippen molar-refractivity contribution >= 4 is 17.4 Å². The number of hydrogen-bond acceptors (Lipinski definition) is 4. The molecule has 0 amide bonds. The van der Waals surface area contributed by atoms with Gasteiger partial charge in [-0.1, -0.05) is 17.7 Å². The monoisotopic (exact) mass is 276 g/mol. The second kappa shape index (κ2) is 5.99. The van der Waals surface area contributed by atoms with Crippen molar-refractivity contribution in [2.75, 3.05) is 11.9 Å². The molecule has 2 rings (SSSR count). The van der Waals surface area contributed by atoms with Gasteiger partial charge >= 0.3 is 0 Å². The lowest BCUT2D eigenvalue weighted by atomic mass is 10.2. The summed E-state index contributed by atoms with van der Waals surface area (Å²) in [6.07, 6.45) is 1.75. The molecule has 0 aliphatic carbocycles. The second-order valence-corrected chi connectivity index (χ2v) is 4.89. The molecule has 2 aromatic heterocycles. The summed E-state index contributed by atoms with van der Waals surface area (Å²) in [6.45, 7) is 3.08. The molecule has 0 saturated heterocycles. The van der Waals surface area contributed by atoms with E-state index in [1.807, 2.05) is 43.1 Å². The summed E-state index contributed by atoms with van der Waals surface area (Å²) < 4.78 is 0. The van der Waals surface area contributed by atoms with E-state index in [0.717, 1.165) is 22.8 Å². The minimum Gasteiger partial charge on any atom is -0.353 e. The summed E-state index contributed by atoms with van der Waals surface area (Å²) >= 11 is 6.22. The quantitative estimate of drug-likeness (QED) is 0.932. The van der Waals surface area contributed by atoms with Crippen LogP contribution < -0.4 is 10.6 Å². The van der Waals surface area contributed by atoms with Gasteiger partial charge in [0.2, 0.25) is 0 Å². The van der Waals surface area contributed by atoms with Crippen molar-refractivity contribution in [3.05, 3.63) is 52.4 Å². The Hall–Kier alpha value is -1.65. The molecule has 2 heterocycles. The first kappa shape index (κ1) is 13.8. The average molecular weight is 277 g/mol. The maximum Gasteiger partial charge on any atom is 0.147 e. The fourth-order valence-corrected chi connectivity index (χ4v) is 2.20. The van der Waals surface area contributed by atoms with Crippen molar-refractivity contribution in [3.63, 3.8) is 0 Å². The van der Waals surface area contributed by atoms with Crippen molar-refractivity contribution < 1.29 is 0 Å². The number of aromatic nitrogens is 2. The molecular weight excluding hydrogens is 260 g/mol. The number of pyridine rings is 2. The van der Waals surface area contributed by atoms with E-state index in [1.54, 1.807) is 6.20 Å². The van der Waals surface area contributed by atoms with Gasteiger partial charge in [0.25, 0.3) is 0 Å². The molecule has 0 unspecified atom stereocenters. The Morgan fingerprint density at radius 3 is 2.79 bits per heavy atom. The van der Waals surface area contributed by atoms with Gasteiger partial charge in [-0.2, -0.15) is 0 Å².